The van der Waals surface area contributed by atoms with E-state index in [2.05, 4.69) is 10.6 Å². The van der Waals surface area contributed by atoms with E-state index in [4.69, 9.17) is 5.11 Å². The molecule has 23 heavy (non-hydrogen) atoms. The molecule has 0 saturated carbocycles. The maximum atomic E-state index is 12.3. The summed E-state index contributed by atoms with van der Waals surface area (Å²) in [5.41, 5.74) is 1.80. The first-order valence-corrected chi connectivity index (χ1v) is 8.83. The van der Waals surface area contributed by atoms with E-state index in [1.54, 1.807) is 11.8 Å². The van der Waals surface area contributed by atoms with Crippen LogP contribution in [0.4, 0.5) is 10.5 Å². The number of amides is 2. The predicted octanol–water partition coefficient (Wildman–Crippen LogP) is 4.04. The summed E-state index contributed by atoms with van der Waals surface area (Å²) < 4.78 is 0. The van der Waals surface area contributed by atoms with Crippen LogP contribution in [0.15, 0.2) is 59.5 Å². The van der Waals surface area contributed by atoms with Gasteiger partial charge in [0.05, 0.1) is 6.04 Å². The molecule has 2 amide bonds. The van der Waals surface area contributed by atoms with Crippen LogP contribution in [0.1, 0.15) is 24.4 Å². The van der Waals surface area contributed by atoms with Crippen LogP contribution >= 0.6 is 11.8 Å². The van der Waals surface area contributed by atoms with Crippen LogP contribution in [0.25, 0.3) is 0 Å². The summed E-state index contributed by atoms with van der Waals surface area (Å²) in [6.07, 6.45) is 3.33. The molecule has 4 nitrogen and oxygen atoms in total. The number of thioether (sulfide) groups is 1. The number of carbonyl (C=O) groups excluding carboxylic acids is 1. The zero-order valence-corrected chi connectivity index (χ0v) is 14.0. The molecule has 1 atom stereocenters. The maximum absolute atomic E-state index is 12.3. The second-order valence-corrected chi connectivity index (χ2v) is 6.04. The van der Waals surface area contributed by atoms with Crippen molar-refractivity contribution in [2.45, 2.75) is 23.8 Å². The highest BCUT2D eigenvalue weighted by molar-refractivity contribution is 7.98. The molecule has 0 radical (unpaired) electrons. The lowest BCUT2D eigenvalue weighted by atomic mass is 10.0. The van der Waals surface area contributed by atoms with Gasteiger partial charge in [0.2, 0.25) is 0 Å². The van der Waals surface area contributed by atoms with E-state index in [9.17, 15) is 4.79 Å². The van der Waals surface area contributed by atoms with E-state index < -0.39 is 0 Å². The van der Waals surface area contributed by atoms with Crippen LogP contribution in [-0.2, 0) is 0 Å². The van der Waals surface area contributed by atoms with Gasteiger partial charge in [0.15, 0.2) is 0 Å². The monoisotopic (exact) mass is 330 g/mol. The van der Waals surface area contributed by atoms with Gasteiger partial charge < -0.3 is 15.7 Å². The summed E-state index contributed by atoms with van der Waals surface area (Å²) in [5.74, 6) is 0. The van der Waals surface area contributed by atoms with Crippen molar-refractivity contribution in [3.8, 4) is 0 Å². The van der Waals surface area contributed by atoms with Gasteiger partial charge in [-0.1, -0.05) is 36.4 Å². The number of nitrogens with one attached hydrogen (secondary N) is 2. The minimum absolute atomic E-state index is 0.113. The van der Waals surface area contributed by atoms with E-state index >= 15 is 0 Å². The van der Waals surface area contributed by atoms with E-state index in [-0.39, 0.29) is 18.7 Å². The predicted molar refractivity (Wildman–Crippen MR) is 95.9 cm³/mol. The zero-order valence-electron chi connectivity index (χ0n) is 13.2. The standard InChI is InChI=1S/C18H22N2O2S/c1-23-16-10-5-9-15(13-16)19-18(22)20-17(11-6-12-21)14-7-3-2-4-8-14/h2-5,7-10,13,17,21H,6,11-12H2,1H3,(H2,19,20,22)/t17-/m1/s1. The molecule has 0 spiro atoms. The average molecular weight is 330 g/mol. The Labute approximate surface area is 141 Å². The molecule has 0 bridgehead atoms. The van der Waals surface area contributed by atoms with Gasteiger partial charge >= 0.3 is 6.03 Å². The summed E-state index contributed by atoms with van der Waals surface area (Å²) in [5, 5.41) is 14.9. The molecule has 5 heteroatoms. The molecule has 3 N–H and O–H groups in total. The fourth-order valence-corrected chi connectivity index (χ4v) is 2.79. The quantitative estimate of drug-likeness (QED) is 0.671. The zero-order chi connectivity index (χ0) is 16.5. The molecule has 2 aromatic carbocycles. The maximum Gasteiger partial charge on any atom is 0.319 e. The second kappa shape index (κ2) is 9.22. The average Bonchev–Trinajstić information content (AvgIpc) is 2.59. The molecule has 0 aromatic heterocycles. The van der Waals surface area contributed by atoms with Crippen LogP contribution in [0, 0.1) is 0 Å². The van der Waals surface area contributed by atoms with Crippen molar-refractivity contribution in [2.24, 2.45) is 0 Å². The first kappa shape index (κ1) is 17.4. The third-order valence-corrected chi connectivity index (χ3v) is 4.21. The number of aliphatic hydroxyl groups is 1. The third kappa shape index (κ3) is 5.62. The number of carbonyl (C=O) groups is 1. The molecule has 0 aliphatic rings. The fraction of sp³-hybridized carbons (Fsp3) is 0.278. The van der Waals surface area contributed by atoms with Crippen molar-refractivity contribution >= 4 is 23.5 Å². The van der Waals surface area contributed by atoms with E-state index in [0.29, 0.717) is 12.8 Å². The van der Waals surface area contributed by atoms with E-state index in [1.165, 1.54) is 0 Å². The molecule has 0 aliphatic carbocycles. The van der Waals surface area contributed by atoms with Crippen LogP contribution in [-0.4, -0.2) is 24.0 Å². The Bertz CT molecular complexity index is 619. The largest absolute Gasteiger partial charge is 0.396 e. The summed E-state index contributed by atoms with van der Waals surface area (Å²) in [7, 11) is 0. The van der Waals surface area contributed by atoms with Crippen LogP contribution in [0.3, 0.4) is 0 Å². The molecule has 0 aliphatic heterocycles. The Morgan fingerprint density at radius 1 is 1.17 bits per heavy atom. The lowest BCUT2D eigenvalue weighted by molar-refractivity contribution is 0.244. The molecule has 0 saturated heterocycles. The Morgan fingerprint density at radius 3 is 2.65 bits per heavy atom. The number of urea groups is 1. The van der Waals surface area contributed by atoms with Gasteiger partial charge in [-0.05, 0) is 42.9 Å². The highest BCUT2D eigenvalue weighted by Crippen LogP contribution is 2.20. The van der Waals surface area contributed by atoms with Gasteiger partial charge in [0.1, 0.15) is 0 Å². The Morgan fingerprint density at radius 2 is 1.96 bits per heavy atom. The topological polar surface area (TPSA) is 61.4 Å². The van der Waals surface area contributed by atoms with Gasteiger partial charge in [-0.15, -0.1) is 11.8 Å². The van der Waals surface area contributed by atoms with Crippen molar-refractivity contribution in [3.63, 3.8) is 0 Å². The number of anilines is 1. The second-order valence-electron chi connectivity index (χ2n) is 5.16. The minimum Gasteiger partial charge on any atom is -0.396 e. The number of hydrogen-bond donors (Lipinski definition) is 3. The fourth-order valence-electron chi connectivity index (χ4n) is 2.33. The lowest BCUT2D eigenvalue weighted by Gasteiger charge is -2.19. The molecular formula is C18H22N2O2S. The number of benzene rings is 2. The summed E-state index contributed by atoms with van der Waals surface area (Å²) in [6.45, 7) is 0.113. The van der Waals surface area contributed by atoms with Crippen molar-refractivity contribution in [2.75, 3.05) is 18.2 Å². The normalized spacial score (nSPS) is 11.7. The van der Waals surface area contributed by atoms with Crippen molar-refractivity contribution in [1.82, 2.24) is 5.32 Å². The van der Waals surface area contributed by atoms with Crippen LogP contribution < -0.4 is 10.6 Å². The van der Waals surface area contributed by atoms with Gasteiger partial charge in [-0.25, -0.2) is 4.79 Å². The molecule has 2 aromatic rings. The molecule has 0 unspecified atom stereocenters. The first-order valence-electron chi connectivity index (χ1n) is 7.60. The number of rotatable bonds is 7. The molecule has 2 rings (SSSR count). The minimum atomic E-state index is -0.241. The number of aliphatic hydroxyl groups excluding tert-OH is 1. The summed E-state index contributed by atoms with van der Waals surface area (Å²) >= 11 is 1.63. The van der Waals surface area contributed by atoms with Crippen LogP contribution in [0.5, 0.6) is 0 Å². The molecule has 122 valence electrons. The lowest BCUT2D eigenvalue weighted by Crippen LogP contribution is -2.32. The summed E-state index contributed by atoms with van der Waals surface area (Å²) in [4.78, 5) is 13.4. The first-order chi connectivity index (χ1) is 11.2. The Kier molecular flexibility index (Phi) is 6.97. The smallest absolute Gasteiger partial charge is 0.319 e. The highest BCUT2D eigenvalue weighted by Gasteiger charge is 2.14. The van der Waals surface area contributed by atoms with E-state index in [1.807, 2.05) is 60.9 Å². The molecule has 0 heterocycles. The third-order valence-electron chi connectivity index (χ3n) is 3.49. The van der Waals surface area contributed by atoms with E-state index in [0.717, 1.165) is 16.1 Å². The van der Waals surface area contributed by atoms with Crippen molar-refractivity contribution < 1.29 is 9.90 Å². The SMILES string of the molecule is CSc1cccc(NC(=O)N[C@H](CCCO)c2ccccc2)c1. The summed E-state index contributed by atoms with van der Waals surface area (Å²) in [6, 6.07) is 17.2. The van der Waals surface area contributed by atoms with Crippen LogP contribution in [0.2, 0.25) is 0 Å². The van der Waals surface area contributed by atoms with Gasteiger partial charge in [-0.3, -0.25) is 0 Å². The molecule has 0 fully saturated rings. The highest BCUT2D eigenvalue weighted by atomic mass is 32.2. The van der Waals surface area contributed by atoms with Gasteiger partial charge in [0.25, 0.3) is 0 Å². The Hall–Kier alpha value is -1.98. The molecular weight excluding hydrogens is 308 g/mol. The van der Waals surface area contributed by atoms with Crippen molar-refractivity contribution in [1.29, 1.82) is 0 Å². The van der Waals surface area contributed by atoms with Crippen molar-refractivity contribution in [3.05, 3.63) is 60.2 Å². The number of hydrogen-bond acceptors (Lipinski definition) is 3. The van der Waals surface area contributed by atoms with Gasteiger partial charge in [0, 0.05) is 17.2 Å². The Balaban J connectivity index is 2.02. The van der Waals surface area contributed by atoms with Gasteiger partial charge in [-0.2, -0.15) is 0 Å².